The summed E-state index contributed by atoms with van der Waals surface area (Å²) in [6.45, 7) is 4.80. The van der Waals surface area contributed by atoms with E-state index < -0.39 is 11.4 Å². The molecule has 8 nitrogen and oxygen atoms in total. The van der Waals surface area contributed by atoms with E-state index in [1.54, 1.807) is 0 Å². The number of nitrogens with one attached hydrogen (secondary N) is 1. The molecule has 3 aliphatic rings. The van der Waals surface area contributed by atoms with Gasteiger partial charge in [-0.2, -0.15) is 0 Å². The van der Waals surface area contributed by atoms with Gasteiger partial charge in [-0.15, -0.1) is 0 Å². The van der Waals surface area contributed by atoms with Gasteiger partial charge in [-0.05, 0) is 43.4 Å². The number of benzene rings is 2. The molecule has 2 aromatic carbocycles. The summed E-state index contributed by atoms with van der Waals surface area (Å²) in [6, 6.07) is 8.49. The predicted octanol–water partition coefficient (Wildman–Crippen LogP) is 3.73. The number of rotatable bonds is 5. The number of aromatic nitrogens is 1. The van der Waals surface area contributed by atoms with Crippen LogP contribution in [0.15, 0.2) is 35.3 Å². The summed E-state index contributed by atoms with van der Waals surface area (Å²) in [5.74, 6) is -0.632. The summed E-state index contributed by atoms with van der Waals surface area (Å²) in [4.78, 5) is 27.6. The highest BCUT2D eigenvalue weighted by Crippen LogP contribution is 2.49. The number of nitrogens with two attached hydrogens (primary N) is 1. The van der Waals surface area contributed by atoms with Crippen LogP contribution < -0.4 is 26.1 Å². The highest BCUT2D eigenvalue weighted by atomic mass is 16.5. The number of pyridine rings is 1. The Bertz CT molecular complexity index is 1420. The van der Waals surface area contributed by atoms with Crippen LogP contribution in [0.5, 0.6) is 5.75 Å². The summed E-state index contributed by atoms with van der Waals surface area (Å²) in [6.07, 6.45) is 6.41. The number of para-hydroxylation sites is 1. The fourth-order valence-electron chi connectivity index (χ4n) is 6.23. The molecule has 0 atom stereocenters. The molecule has 0 saturated heterocycles. The van der Waals surface area contributed by atoms with Crippen molar-refractivity contribution in [3.05, 3.63) is 57.4 Å². The quantitative estimate of drug-likeness (QED) is 0.484. The van der Waals surface area contributed by atoms with Gasteiger partial charge < -0.3 is 30.4 Å². The molecule has 1 saturated carbocycles. The Hall–Kier alpha value is -3.68. The van der Waals surface area contributed by atoms with Gasteiger partial charge in [0.2, 0.25) is 5.43 Å². The lowest BCUT2D eigenvalue weighted by Crippen LogP contribution is -2.42. The van der Waals surface area contributed by atoms with Crippen LogP contribution in [0.1, 0.15) is 47.2 Å². The molecular formula is C27H30N4O4. The molecule has 4 N–H and O–H groups in total. The molecule has 1 spiro atoms. The summed E-state index contributed by atoms with van der Waals surface area (Å²) >= 11 is 0. The van der Waals surface area contributed by atoms with Gasteiger partial charge in [0.1, 0.15) is 12.2 Å². The number of carboxylic acid groups (broad SMARTS) is 1. The smallest absolute Gasteiger partial charge is 0.341 e. The van der Waals surface area contributed by atoms with Crippen LogP contribution in [-0.2, 0) is 12.0 Å². The first-order chi connectivity index (χ1) is 16.9. The zero-order valence-corrected chi connectivity index (χ0v) is 19.9. The van der Waals surface area contributed by atoms with E-state index in [0.717, 1.165) is 50.9 Å². The molecule has 3 aromatic rings. The maximum atomic E-state index is 13.3. The van der Waals surface area contributed by atoms with Crippen LogP contribution in [-0.4, -0.2) is 41.9 Å². The second-order valence-corrected chi connectivity index (χ2v) is 10.0. The number of carbonyl (C=O) groups is 1. The van der Waals surface area contributed by atoms with Gasteiger partial charge >= 0.3 is 5.97 Å². The molecule has 1 fully saturated rings. The highest BCUT2D eigenvalue weighted by molar-refractivity contribution is 6.05. The second kappa shape index (κ2) is 7.93. The van der Waals surface area contributed by atoms with E-state index >= 15 is 0 Å². The number of hydrogen-bond donors (Lipinski definition) is 3. The molecule has 3 heterocycles. The zero-order chi connectivity index (χ0) is 24.3. The number of ether oxygens (including phenoxy) is 1. The lowest BCUT2D eigenvalue weighted by atomic mass is 9.92. The fraction of sp³-hybridized carbons (Fsp3) is 0.407. The molecule has 1 aromatic heterocycles. The molecule has 0 amide bonds. The van der Waals surface area contributed by atoms with Gasteiger partial charge in [-0.3, -0.25) is 4.79 Å². The summed E-state index contributed by atoms with van der Waals surface area (Å²) in [5.41, 5.74) is 10.5. The summed E-state index contributed by atoms with van der Waals surface area (Å²) < 4.78 is 8.39. The molecule has 0 bridgehead atoms. The molecule has 1 aliphatic carbocycles. The van der Waals surface area contributed by atoms with Crippen LogP contribution in [0.25, 0.3) is 10.9 Å². The third kappa shape index (κ3) is 3.19. The van der Waals surface area contributed by atoms with Crippen molar-refractivity contribution in [3.63, 3.8) is 0 Å². The van der Waals surface area contributed by atoms with Gasteiger partial charge in [0.25, 0.3) is 0 Å². The maximum absolute atomic E-state index is 13.3. The first kappa shape index (κ1) is 21.8. The summed E-state index contributed by atoms with van der Waals surface area (Å²) in [5, 5.41) is 13.6. The number of nitrogen functional groups attached to an aromatic ring is 1. The van der Waals surface area contributed by atoms with Crippen LogP contribution in [0.2, 0.25) is 0 Å². The van der Waals surface area contributed by atoms with E-state index in [1.165, 1.54) is 17.4 Å². The number of carboxylic acids is 1. The molecule has 35 heavy (non-hydrogen) atoms. The number of nitrogens with zero attached hydrogens (tertiary/aromatic N) is 2. The number of aromatic carboxylic acids is 1. The largest absolute Gasteiger partial charge is 0.487 e. The van der Waals surface area contributed by atoms with Gasteiger partial charge in [0, 0.05) is 31.5 Å². The minimum Gasteiger partial charge on any atom is -0.487 e. The molecule has 8 heteroatoms. The van der Waals surface area contributed by atoms with Gasteiger partial charge in [-0.1, -0.05) is 31.0 Å². The monoisotopic (exact) mass is 474 g/mol. The van der Waals surface area contributed by atoms with Gasteiger partial charge in [0.15, 0.2) is 5.75 Å². The Morgan fingerprint density at radius 3 is 2.80 bits per heavy atom. The molecule has 0 unspecified atom stereocenters. The Morgan fingerprint density at radius 1 is 1.26 bits per heavy atom. The zero-order valence-electron chi connectivity index (χ0n) is 19.9. The Labute approximate surface area is 203 Å². The van der Waals surface area contributed by atoms with Crippen LogP contribution >= 0.6 is 0 Å². The van der Waals surface area contributed by atoms with Crippen molar-refractivity contribution in [1.29, 1.82) is 0 Å². The average molecular weight is 475 g/mol. The molecule has 6 rings (SSSR count). The molecule has 2 aliphatic heterocycles. The number of hydrogen-bond acceptors (Lipinski definition) is 6. The lowest BCUT2D eigenvalue weighted by molar-refractivity contribution is 0.0692. The van der Waals surface area contributed by atoms with Crippen molar-refractivity contribution in [1.82, 2.24) is 4.57 Å². The van der Waals surface area contributed by atoms with Crippen molar-refractivity contribution < 1.29 is 14.6 Å². The Morgan fingerprint density at radius 2 is 2.03 bits per heavy atom. The first-order valence-corrected chi connectivity index (χ1v) is 12.4. The van der Waals surface area contributed by atoms with Crippen LogP contribution in [0, 0.1) is 6.92 Å². The van der Waals surface area contributed by atoms with Crippen molar-refractivity contribution >= 4 is 33.9 Å². The topological polar surface area (TPSA) is 110 Å². The van der Waals surface area contributed by atoms with Crippen molar-refractivity contribution in [2.24, 2.45) is 0 Å². The van der Waals surface area contributed by atoms with Gasteiger partial charge in [0.05, 0.1) is 27.8 Å². The molecule has 0 radical (unpaired) electrons. The second-order valence-electron chi connectivity index (χ2n) is 10.0. The van der Waals surface area contributed by atoms with Crippen molar-refractivity contribution in [2.45, 2.75) is 44.6 Å². The van der Waals surface area contributed by atoms with E-state index in [2.05, 4.69) is 34.5 Å². The predicted molar refractivity (Wildman–Crippen MR) is 137 cm³/mol. The number of anilines is 3. The van der Waals surface area contributed by atoms with Crippen molar-refractivity contribution in [2.75, 3.05) is 42.2 Å². The van der Waals surface area contributed by atoms with E-state index in [1.807, 2.05) is 11.5 Å². The maximum Gasteiger partial charge on any atom is 0.341 e. The van der Waals surface area contributed by atoms with Crippen molar-refractivity contribution in [3.8, 4) is 5.75 Å². The minimum absolute atomic E-state index is 0.240. The third-order valence-corrected chi connectivity index (χ3v) is 8.13. The molecule has 182 valence electrons. The lowest BCUT2D eigenvalue weighted by Gasteiger charge is -2.39. The average Bonchev–Trinajstić information content (AvgIpc) is 3.49. The first-order valence-electron chi connectivity index (χ1n) is 12.4. The van der Waals surface area contributed by atoms with E-state index in [9.17, 15) is 14.7 Å². The van der Waals surface area contributed by atoms with E-state index in [4.69, 9.17) is 10.5 Å². The third-order valence-electron chi connectivity index (χ3n) is 8.13. The normalized spacial score (nSPS) is 17.6. The van der Waals surface area contributed by atoms with E-state index in [-0.39, 0.29) is 16.5 Å². The fourth-order valence-corrected chi connectivity index (χ4v) is 6.23. The number of fused-ring (bicyclic) bond motifs is 2. The van der Waals surface area contributed by atoms with Crippen LogP contribution in [0.3, 0.4) is 0 Å². The SMILES string of the molecule is Cc1c(NCCN2CCc3ccccc32)c2c3c(c1N)c(=O)c(C(=O)O)cn3C1(CCCC1)CO2. The molecular weight excluding hydrogens is 444 g/mol. The highest BCUT2D eigenvalue weighted by Gasteiger charge is 2.42. The minimum atomic E-state index is -1.23. The Kier molecular flexibility index (Phi) is 4.95. The van der Waals surface area contributed by atoms with E-state index in [0.29, 0.717) is 35.7 Å². The van der Waals surface area contributed by atoms with Gasteiger partial charge in [-0.25, -0.2) is 4.79 Å². The summed E-state index contributed by atoms with van der Waals surface area (Å²) in [7, 11) is 0. The standard InChI is InChI=1S/C27H30N4O4/c1-16-21(28)20-23-25(22(16)29-11-13-30-12-8-17-6-2-3-7-19(17)30)35-15-27(9-4-5-10-27)31(23)14-18(24(20)32)26(33)34/h2-3,6-7,14,29H,4-5,8-13,15,28H2,1H3,(H,33,34). The Balaban J connectivity index is 1.43. The van der Waals surface area contributed by atoms with Crippen LogP contribution in [0.4, 0.5) is 17.1 Å².